The molecule has 0 spiro atoms. The molecular formula is C14H17ClFNO2. The van der Waals surface area contributed by atoms with Crippen LogP contribution in [-0.4, -0.2) is 29.1 Å². The van der Waals surface area contributed by atoms with Crippen LogP contribution in [0.1, 0.15) is 24.0 Å². The second-order valence-corrected chi connectivity index (χ2v) is 5.53. The Morgan fingerprint density at radius 2 is 2.32 bits per heavy atom. The van der Waals surface area contributed by atoms with Gasteiger partial charge in [-0.05, 0) is 44.0 Å². The molecule has 0 bridgehead atoms. The Balaban J connectivity index is 2.11. The predicted octanol–water partition coefficient (Wildman–Crippen LogP) is 3.08. The third-order valence-electron chi connectivity index (χ3n) is 3.52. The first-order chi connectivity index (χ1) is 8.97. The SMILES string of the molecule is Cc1cc(F)c(CN2CCCC(C(=O)O)C2)c(Cl)c1. The molecule has 1 saturated heterocycles. The molecule has 0 radical (unpaired) electrons. The van der Waals surface area contributed by atoms with Crippen molar-refractivity contribution in [3.05, 3.63) is 34.1 Å². The molecule has 0 saturated carbocycles. The van der Waals surface area contributed by atoms with Crippen molar-refractivity contribution in [2.75, 3.05) is 13.1 Å². The molecule has 1 aromatic carbocycles. The number of aliphatic carboxylic acids is 1. The maximum absolute atomic E-state index is 13.9. The summed E-state index contributed by atoms with van der Waals surface area (Å²) in [6.07, 6.45) is 1.51. The van der Waals surface area contributed by atoms with Crippen molar-refractivity contribution in [2.45, 2.75) is 26.3 Å². The molecule has 3 nitrogen and oxygen atoms in total. The summed E-state index contributed by atoms with van der Waals surface area (Å²) in [4.78, 5) is 13.0. The van der Waals surface area contributed by atoms with Gasteiger partial charge in [-0.1, -0.05) is 11.6 Å². The standard InChI is InChI=1S/C14H17ClFNO2/c1-9-5-12(15)11(13(16)6-9)8-17-4-2-3-10(7-17)14(18)19/h5-6,10H,2-4,7-8H2,1H3,(H,18,19). The number of rotatable bonds is 3. The van der Waals surface area contributed by atoms with Gasteiger partial charge >= 0.3 is 5.97 Å². The monoisotopic (exact) mass is 285 g/mol. The molecule has 1 atom stereocenters. The van der Waals surface area contributed by atoms with E-state index in [1.54, 1.807) is 13.0 Å². The summed E-state index contributed by atoms with van der Waals surface area (Å²) in [5.41, 5.74) is 1.24. The smallest absolute Gasteiger partial charge is 0.307 e. The molecule has 104 valence electrons. The van der Waals surface area contributed by atoms with Crippen LogP contribution in [0.5, 0.6) is 0 Å². The van der Waals surface area contributed by atoms with Crippen molar-refractivity contribution < 1.29 is 14.3 Å². The van der Waals surface area contributed by atoms with Crippen LogP contribution in [0.2, 0.25) is 5.02 Å². The van der Waals surface area contributed by atoms with Gasteiger partial charge < -0.3 is 5.11 Å². The molecule has 1 unspecified atom stereocenters. The molecule has 2 rings (SSSR count). The average Bonchev–Trinajstić information content (AvgIpc) is 2.34. The number of hydrogen-bond donors (Lipinski definition) is 1. The van der Waals surface area contributed by atoms with E-state index in [2.05, 4.69) is 0 Å². The van der Waals surface area contributed by atoms with Crippen LogP contribution in [0, 0.1) is 18.7 Å². The highest BCUT2D eigenvalue weighted by molar-refractivity contribution is 6.31. The van der Waals surface area contributed by atoms with E-state index in [9.17, 15) is 9.18 Å². The van der Waals surface area contributed by atoms with E-state index in [0.717, 1.165) is 18.5 Å². The van der Waals surface area contributed by atoms with Gasteiger partial charge in [0.05, 0.1) is 5.92 Å². The lowest BCUT2D eigenvalue weighted by atomic mass is 9.97. The van der Waals surface area contributed by atoms with E-state index in [0.29, 0.717) is 30.1 Å². The maximum Gasteiger partial charge on any atom is 0.307 e. The fourth-order valence-corrected chi connectivity index (χ4v) is 2.83. The molecule has 1 heterocycles. The largest absolute Gasteiger partial charge is 0.481 e. The van der Waals surface area contributed by atoms with E-state index >= 15 is 0 Å². The molecule has 5 heteroatoms. The molecule has 0 aromatic heterocycles. The van der Waals surface area contributed by atoms with E-state index < -0.39 is 5.97 Å². The van der Waals surface area contributed by atoms with Gasteiger partial charge in [0.25, 0.3) is 0 Å². The molecule has 1 aromatic rings. The number of carboxylic acid groups (broad SMARTS) is 1. The normalized spacial score (nSPS) is 20.5. The summed E-state index contributed by atoms with van der Waals surface area (Å²) < 4.78 is 13.9. The Kier molecular flexibility index (Phi) is 4.42. The summed E-state index contributed by atoms with van der Waals surface area (Å²) in [6.45, 7) is 3.40. The fourth-order valence-electron chi connectivity index (χ4n) is 2.51. The molecule has 0 aliphatic carbocycles. The van der Waals surface area contributed by atoms with Gasteiger partial charge in [0, 0.05) is 23.7 Å². The van der Waals surface area contributed by atoms with Crippen LogP contribution in [0.15, 0.2) is 12.1 Å². The van der Waals surface area contributed by atoms with E-state index in [4.69, 9.17) is 16.7 Å². The minimum absolute atomic E-state index is 0.317. The Bertz CT molecular complexity index is 469. The Hall–Kier alpha value is -1.13. The minimum Gasteiger partial charge on any atom is -0.481 e. The lowest BCUT2D eigenvalue weighted by molar-refractivity contribution is -0.143. The summed E-state index contributed by atoms with van der Waals surface area (Å²) in [7, 11) is 0. The third kappa shape index (κ3) is 3.45. The topological polar surface area (TPSA) is 40.5 Å². The van der Waals surface area contributed by atoms with Crippen molar-refractivity contribution in [2.24, 2.45) is 5.92 Å². The van der Waals surface area contributed by atoms with Crippen molar-refractivity contribution >= 4 is 17.6 Å². The van der Waals surface area contributed by atoms with Gasteiger partial charge in [-0.25, -0.2) is 4.39 Å². The van der Waals surface area contributed by atoms with Crippen molar-refractivity contribution in [1.82, 2.24) is 4.90 Å². The zero-order valence-electron chi connectivity index (χ0n) is 10.8. The zero-order chi connectivity index (χ0) is 14.0. The Morgan fingerprint density at radius 1 is 1.58 bits per heavy atom. The molecule has 1 aliphatic heterocycles. The molecule has 1 fully saturated rings. The van der Waals surface area contributed by atoms with Crippen LogP contribution in [0.25, 0.3) is 0 Å². The van der Waals surface area contributed by atoms with Gasteiger partial charge in [0.2, 0.25) is 0 Å². The van der Waals surface area contributed by atoms with E-state index in [1.165, 1.54) is 6.07 Å². The number of carbonyl (C=O) groups is 1. The number of nitrogens with zero attached hydrogens (tertiary/aromatic N) is 1. The van der Waals surface area contributed by atoms with E-state index in [1.807, 2.05) is 4.90 Å². The average molecular weight is 286 g/mol. The molecule has 0 amide bonds. The number of carboxylic acids is 1. The van der Waals surface area contributed by atoms with Crippen molar-refractivity contribution in [3.8, 4) is 0 Å². The maximum atomic E-state index is 13.9. The number of hydrogen-bond acceptors (Lipinski definition) is 2. The second-order valence-electron chi connectivity index (χ2n) is 5.12. The number of piperidine rings is 1. The highest BCUT2D eigenvalue weighted by Crippen LogP contribution is 2.25. The van der Waals surface area contributed by atoms with Gasteiger partial charge in [-0.2, -0.15) is 0 Å². The molecule has 19 heavy (non-hydrogen) atoms. The van der Waals surface area contributed by atoms with Crippen LogP contribution in [0.4, 0.5) is 4.39 Å². The number of benzene rings is 1. The van der Waals surface area contributed by atoms with Crippen molar-refractivity contribution in [1.29, 1.82) is 0 Å². The second kappa shape index (κ2) is 5.88. The lowest BCUT2D eigenvalue weighted by Gasteiger charge is -2.30. The highest BCUT2D eigenvalue weighted by Gasteiger charge is 2.26. The predicted molar refractivity (Wildman–Crippen MR) is 71.8 cm³/mol. The number of aryl methyl sites for hydroxylation is 1. The lowest BCUT2D eigenvalue weighted by Crippen LogP contribution is -2.38. The first-order valence-corrected chi connectivity index (χ1v) is 6.75. The summed E-state index contributed by atoms with van der Waals surface area (Å²) >= 11 is 6.07. The van der Waals surface area contributed by atoms with Gasteiger partial charge in [-0.3, -0.25) is 9.69 Å². The molecule has 1 aliphatic rings. The van der Waals surface area contributed by atoms with E-state index in [-0.39, 0.29) is 11.7 Å². The van der Waals surface area contributed by atoms with Gasteiger partial charge in [0.1, 0.15) is 5.82 Å². The highest BCUT2D eigenvalue weighted by atomic mass is 35.5. The van der Waals surface area contributed by atoms with Crippen molar-refractivity contribution in [3.63, 3.8) is 0 Å². The minimum atomic E-state index is -0.778. The third-order valence-corrected chi connectivity index (χ3v) is 3.86. The first-order valence-electron chi connectivity index (χ1n) is 6.37. The van der Waals surface area contributed by atoms with Crippen LogP contribution < -0.4 is 0 Å². The van der Waals surface area contributed by atoms with Crippen LogP contribution >= 0.6 is 11.6 Å². The van der Waals surface area contributed by atoms with Gasteiger partial charge in [0.15, 0.2) is 0 Å². The number of likely N-dealkylation sites (tertiary alicyclic amines) is 1. The Labute approximate surface area is 117 Å². The fraction of sp³-hybridized carbons (Fsp3) is 0.500. The zero-order valence-corrected chi connectivity index (χ0v) is 11.6. The van der Waals surface area contributed by atoms with Crippen LogP contribution in [-0.2, 0) is 11.3 Å². The molecule has 1 N–H and O–H groups in total. The Morgan fingerprint density at radius 3 is 2.95 bits per heavy atom. The summed E-state index contributed by atoms with van der Waals surface area (Å²) in [5.74, 6) is -1.45. The van der Waals surface area contributed by atoms with Gasteiger partial charge in [-0.15, -0.1) is 0 Å². The molecular weight excluding hydrogens is 269 g/mol. The number of halogens is 2. The van der Waals surface area contributed by atoms with Crippen LogP contribution in [0.3, 0.4) is 0 Å². The quantitative estimate of drug-likeness (QED) is 0.928. The summed E-state index contributed by atoms with van der Waals surface area (Å²) in [5, 5.41) is 9.45. The first kappa shape index (κ1) is 14.3. The summed E-state index contributed by atoms with van der Waals surface area (Å²) in [6, 6.07) is 3.19.